The van der Waals surface area contributed by atoms with E-state index in [1.165, 1.54) is 4.88 Å². The summed E-state index contributed by atoms with van der Waals surface area (Å²) in [5.41, 5.74) is 0. The molecule has 1 atom stereocenters. The van der Waals surface area contributed by atoms with Crippen molar-refractivity contribution in [2.24, 2.45) is 16.8 Å². The van der Waals surface area contributed by atoms with Crippen LogP contribution >= 0.6 is 11.3 Å². The summed E-state index contributed by atoms with van der Waals surface area (Å²) in [5.74, 6) is 2.07. The zero-order chi connectivity index (χ0) is 16.2. The Morgan fingerprint density at radius 3 is 2.77 bits per heavy atom. The highest BCUT2D eigenvalue weighted by atomic mass is 32.1. The van der Waals surface area contributed by atoms with Crippen LogP contribution in [0.1, 0.15) is 32.1 Å². The Labute approximate surface area is 139 Å². The number of hydrogen-bond donors (Lipinski definition) is 2. The van der Waals surface area contributed by atoms with E-state index in [9.17, 15) is 0 Å². The van der Waals surface area contributed by atoms with E-state index in [1.807, 2.05) is 18.4 Å². The molecule has 22 heavy (non-hydrogen) atoms. The minimum atomic E-state index is 0.589. The van der Waals surface area contributed by atoms with Gasteiger partial charge < -0.3 is 15.4 Å². The first kappa shape index (κ1) is 19.0. The minimum Gasteiger partial charge on any atom is -0.381 e. The Hall–Kier alpha value is -1.07. The molecule has 0 aliphatic carbocycles. The molecule has 0 amide bonds. The van der Waals surface area contributed by atoms with Gasteiger partial charge in [-0.05, 0) is 36.1 Å². The van der Waals surface area contributed by atoms with E-state index in [2.05, 4.69) is 53.9 Å². The van der Waals surface area contributed by atoms with E-state index in [0.29, 0.717) is 11.8 Å². The summed E-state index contributed by atoms with van der Waals surface area (Å²) >= 11 is 1.83. The molecule has 4 nitrogen and oxygen atoms in total. The molecular formula is C17H31N3OS. The Kier molecular flexibility index (Phi) is 9.91. The van der Waals surface area contributed by atoms with Gasteiger partial charge in [-0.25, -0.2) is 0 Å². The standard InChI is InChI=1S/C17H31N3OS/c1-14(2)13-21-9-6-8-19-17(18-4)20-12-15(3)11-16-7-5-10-22-16/h5,7,10,14-15H,6,8-9,11-13H2,1-4H3,(H2,18,19,20). The molecule has 0 aromatic carbocycles. The topological polar surface area (TPSA) is 45.7 Å². The Bertz CT molecular complexity index is 404. The fourth-order valence-corrected chi connectivity index (χ4v) is 2.91. The average Bonchev–Trinajstić information content (AvgIpc) is 2.98. The first-order valence-electron chi connectivity index (χ1n) is 8.16. The van der Waals surface area contributed by atoms with Crippen molar-refractivity contribution in [3.63, 3.8) is 0 Å². The van der Waals surface area contributed by atoms with Crippen LogP contribution < -0.4 is 10.6 Å². The predicted octanol–water partition coefficient (Wildman–Crippen LogP) is 3.15. The number of aliphatic imine (C=N–C) groups is 1. The first-order chi connectivity index (χ1) is 10.6. The molecule has 0 radical (unpaired) electrons. The Morgan fingerprint density at radius 2 is 2.14 bits per heavy atom. The number of nitrogens with zero attached hydrogens (tertiary/aromatic N) is 1. The van der Waals surface area contributed by atoms with Crippen molar-refractivity contribution in [2.45, 2.75) is 33.6 Å². The number of nitrogens with one attached hydrogen (secondary N) is 2. The highest BCUT2D eigenvalue weighted by molar-refractivity contribution is 7.09. The maximum Gasteiger partial charge on any atom is 0.190 e. The Morgan fingerprint density at radius 1 is 1.32 bits per heavy atom. The van der Waals surface area contributed by atoms with Gasteiger partial charge in [0.25, 0.3) is 0 Å². The molecule has 0 bridgehead atoms. The van der Waals surface area contributed by atoms with Gasteiger partial charge in [0.15, 0.2) is 5.96 Å². The summed E-state index contributed by atoms with van der Waals surface area (Å²) in [5, 5.41) is 8.86. The van der Waals surface area contributed by atoms with Gasteiger partial charge in [0.05, 0.1) is 0 Å². The molecule has 0 saturated heterocycles. The van der Waals surface area contributed by atoms with Crippen LogP contribution in [-0.4, -0.2) is 39.3 Å². The van der Waals surface area contributed by atoms with Crippen molar-refractivity contribution in [1.29, 1.82) is 0 Å². The van der Waals surface area contributed by atoms with Gasteiger partial charge in [-0.2, -0.15) is 0 Å². The molecule has 0 fully saturated rings. The minimum absolute atomic E-state index is 0.589. The molecular weight excluding hydrogens is 294 g/mol. The lowest BCUT2D eigenvalue weighted by Crippen LogP contribution is -2.40. The van der Waals surface area contributed by atoms with Crippen molar-refractivity contribution in [2.75, 3.05) is 33.4 Å². The molecule has 126 valence electrons. The van der Waals surface area contributed by atoms with E-state index in [4.69, 9.17) is 4.74 Å². The summed E-state index contributed by atoms with van der Waals surface area (Å²) in [6, 6.07) is 4.31. The third kappa shape index (κ3) is 9.05. The van der Waals surface area contributed by atoms with Crippen molar-refractivity contribution < 1.29 is 4.74 Å². The van der Waals surface area contributed by atoms with Crippen LogP contribution in [0.15, 0.2) is 22.5 Å². The predicted molar refractivity (Wildman–Crippen MR) is 96.8 cm³/mol. The van der Waals surface area contributed by atoms with E-state index in [-0.39, 0.29) is 0 Å². The van der Waals surface area contributed by atoms with Gasteiger partial charge in [-0.15, -0.1) is 11.3 Å². The Balaban J connectivity index is 2.09. The van der Waals surface area contributed by atoms with Crippen LogP contribution in [0, 0.1) is 11.8 Å². The average molecular weight is 326 g/mol. The van der Waals surface area contributed by atoms with Gasteiger partial charge >= 0.3 is 0 Å². The fraction of sp³-hybridized carbons (Fsp3) is 0.706. The monoisotopic (exact) mass is 325 g/mol. The molecule has 0 aliphatic heterocycles. The van der Waals surface area contributed by atoms with E-state index >= 15 is 0 Å². The van der Waals surface area contributed by atoms with E-state index < -0.39 is 0 Å². The highest BCUT2D eigenvalue weighted by Crippen LogP contribution is 2.13. The van der Waals surface area contributed by atoms with Gasteiger partial charge in [0, 0.05) is 38.2 Å². The molecule has 0 aliphatic rings. The zero-order valence-corrected chi connectivity index (χ0v) is 15.2. The maximum absolute atomic E-state index is 5.57. The van der Waals surface area contributed by atoms with Gasteiger partial charge in [0.2, 0.25) is 0 Å². The number of ether oxygens (including phenoxy) is 1. The zero-order valence-electron chi connectivity index (χ0n) is 14.4. The second-order valence-electron chi connectivity index (χ2n) is 6.09. The van der Waals surface area contributed by atoms with Crippen LogP contribution in [0.5, 0.6) is 0 Å². The molecule has 1 heterocycles. The first-order valence-corrected chi connectivity index (χ1v) is 9.04. The lowest BCUT2D eigenvalue weighted by atomic mass is 10.1. The van der Waals surface area contributed by atoms with Crippen molar-refractivity contribution in [3.05, 3.63) is 22.4 Å². The SMILES string of the molecule is CN=C(NCCCOCC(C)C)NCC(C)Cc1cccs1. The second kappa shape index (κ2) is 11.5. The second-order valence-corrected chi connectivity index (χ2v) is 7.12. The third-order valence-corrected chi connectivity index (χ3v) is 4.08. The van der Waals surface area contributed by atoms with Crippen LogP contribution in [-0.2, 0) is 11.2 Å². The van der Waals surface area contributed by atoms with Gasteiger partial charge in [0.1, 0.15) is 0 Å². The summed E-state index contributed by atoms with van der Waals surface area (Å²) < 4.78 is 5.57. The van der Waals surface area contributed by atoms with Crippen molar-refractivity contribution in [1.82, 2.24) is 10.6 Å². The van der Waals surface area contributed by atoms with Crippen molar-refractivity contribution in [3.8, 4) is 0 Å². The quantitative estimate of drug-likeness (QED) is 0.395. The van der Waals surface area contributed by atoms with Crippen LogP contribution in [0.2, 0.25) is 0 Å². The molecule has 2 N–H and O–H groups in total. The lowest BCUT2D eigenvalue weighted by molar-refractivity contribution is 0.108. The molecule has 1 aromatic heterocycles. The number of rotatable bonds is 10. The fourth-order valence-electron chi connectivity index (χ4n) is 2.04. The third-order valence-electron chi connectivity index (χ3n) is 3.18. The van der Waals surface area contributed by atoms with Crippen LogP contribution in [0.3, 0.4) is 0 Å². The summed E-state index contributed by atoms with van der Waals surface area (Å²) in [4.78, 5) is 5.70. The molecule has 0 saturated carbocycles. The van der Waals surface area contributed by atoms with E-state index in [1.54, 1.807) is 0 Å². The normalized spacial score (nSPS) is 13.4. The van der Waals surface area contributed by atoms with Crippen LogP contribution in [0.4, 0.5) is 0 Å². The lowest BCUT2D eigenvalue weighted by Gasteiger charge is -2.15. The molecule has 0 spiro atoms. The summed E-state index contributed by atoms with van der Waals surface area (Å²) in [6.45, 7) is 10.1. The number of thiophene rings is 1. The molecule has 5 heteroatoms. The number of hydrogen-bond acceptors (Lipinski definition) is 3. The molecule has 1 rings (SSSR count). The maximum atomic E-state index is 5.57. The summed E-state index contributed by atoms with van der Waals surface area (Å²) in [7, 11) is 1.81. The number of guanidine groups is 1. The van der Waals surface area contributed by atoms with E-state index in [0.717, 1.165) is 45.1 Å². The molecule has 1 aromatic rings. The van der Waals surface area contributed by atoms with Gasteiger partial charge in [-0.1, -0.05) is 26.8 Å². The van der Waals surface area contributed by atoms with Crippen LogP contribution in [0.25, 0.3) is 0 Å². The highest BCUT2D eigenvalue weighted by Gasteiger charge is 2.06. The molecule has 1 unspecified atom stereocenters. The summed E-state index contributed by atoms with van der Waals surface area (Å²) in [6.07, 6.45) is 2.11. The van der Waals surface area contributed by atoms with Crippen molar-refractivity contribution >= 4 is 17.3 Å². The van der Waals surface area contributed by atoms with Gasteiger partial charge in [-0.3, -0.25) is 4.99 Å². The largest absolute Gasteiger partial charge is 0.381 e. The smallest absolute Gasteiger partial charge is 0.190 e.